The molecule has 19 heavy (non-hydrogen) atoms. The Morgan fingerprint density at radius 3 is 2.37 bits per heavy atom. The fraction of sp³-hybridized carbons (Fsp3) is 0.647. The highest BCUT2D eigenvalue weighted by molar-refractivity contribution is 5.46. The fourth-order valence-corrected chi connectivity index (χ4v) is 2.79. The van der Waals surface area contributed by atoms with Crippen molar-refractivity contribution >= 4 is 5.69 Å². The first-order valence-electron chi connectivity index (χ1n) is 7.39. The Balaban J connectivity index is 1.96. The minimum atomic E-state index is 0.227. The van der Waals surface area contributed by atoms with Crippen LogP contribution >= 0.6 is 0 Å². The number of rotatable bonds is 3. The predicted molar refractivity (Wildman–Crippen MR) is 81.8 cm³/mol. The summed E-state index contributed by atoms with van der Waals surface area (Å²) >= 11 is 0. The third kappa shape index (κ3) is 3.97. The molecule has 2 heteroatoms. The summed E-state index contributed by atoms with van der Waals surface area (Å²) in [5, 5.41) is 3.64. The average Bonchev–Trinajstić information content (AvgIpc) is 2.38. The molecule has 1 aliphatic rings. The van der Waals surface area contributed by atoms with E-state index in [1.165, 1.54) is 30.5 Å². The number of ether oxygens (including phenoxy) is 1. The highest BCUT2D eigenvalue weighted by Crippen LogP contribution is 2.26. The molecule has 2 rings (SSSR count). The van der Waals surface area contributed by atoms with E-state index in [4.69, 9.17) is 4.74 Å². The molecule has 0 radical (unpaired) electrons. The number of benzene rings is 1. The van der Waals surface area contributed by atoms with Crippen LogP contribution in [-0.4, -0.2) is 19.3 Å². The maximum absolute atomic E-state index is 5.48. The molecule has 0 aromatic heterocycles. The van der Waals surface area contributed by atoms with E-state index >= 15 is 0 Å². The molecule has 1 aromatic rings. The summed E-state index contributed by atoms with van der Waals surface area (Å²) in [6.07, 6.45) is 5.27. The number of hydrogen-bond acceptors (Lipinski definition) is 2. The van der Waals surface area contributed by atoms with Crippen LogP contribution in [-0.2, 0) is 10.2 Å². The van der Waals surface area contributed by atoms with Crippen molar-refractivity contribution in [2.45, 2.75) is 64.0 Å². The number of hydrogen-bond donors (Lipinski definition) is 1. The summed E-state index contributed by atoms with van der Waals surface area (Å²) < 4.78 is 5.48. The molecular weight excluding hydrogens is 234 g/mol. The van der Waals surface area contributed by atoms with Crippen molar-refractivity contribution in [3.8, 4) is 0 Å². The largest absolute Gasteiger partial charge is 0.382 e. The molecule has 0 spiro atoms. The van der Waals surface area contributed by atoms with E-state index in [0.29, 0.717) is 12.1 Å². The molecular formula is C17H27NO. The van der Waals surface area contributed by atoms with Crippen molar-refractivity contribution in [3.63, 3.8) is 0 Å². The van der Waals surface area contributed by atoms with Crippen LogP contribution in [0.25, 0.3) is 0 Å². The van der Waals surface area contributed by atoms with Gasteiger partial charge in [0.2, 0.25) is 0 Å². The van der Waals surface area contributed by atoms with Crippen molar-refractivity contribution in [1.29, 1.82) is 0 Å². The predicted octanol–water partition coefficient (Wildman–Crippen LogP) is 4.35. The molecule has 1 saturated carbocycles. The third-order valence-electron chi connectivity index (χ3n) is 4.08. The Bertz CT molecular complexity index is 391. The Morgan fingerprint density at radius 2 is 1.79 bits per heavy atom. The average molecular weight is 261 g/mol. The molecule has 1 N–H and O–H groups in total. The second-order valence-corrected chi connectivity index (χ2v) is 6.69. The second-order valence-electron chi connectivity index (χ2n) is 6.69. The topological polar surface area (TPSA) is 21.3 Å². The third-order valence-corrected chi connectivity index (χ3v) is 4.08. The summed E-state index contributed by atoms with van der Waals surface area (Å²) in [5.41, 5.74) is 2.84. The van der Waals surface area contributed by atoms with Gasteiger partial charge in [-0.25, -0.2) is 0 Å². The second kappa shape index (κ2) is 5.96. The summed E-state index contributed by atoms with van der Waals surface area (Å²) in [6, 6.07) is 9.44. The molecule has 2 atom stereocenters. The first kappa shape index (κ1) is 14.4. The molecule has 1 aromatic carbocycles. The minimum absolute atomic E-state index is 0.227. The van der Waals surface area contributed by atoms with Gasteiger partial charge in [0.1, 0.15) is 0 Å². The lowest BCUT2D eigenvalue weighted by molar-refractivity contribution is 0.0669. The number of anilines is 1. The van der Waals surface area contributed by atoms with Gasteiger partial charge in [0, 0.05) is 18.8 Å². The Labute approximate surface area is 117 Å². The van der Waals surface area contributed by atoms with Crippen LogP contribution in [0.3, 0.4) is 0 Å². The Hall–Kier alpha value is -1.02. The van der Waals surface area contributed by atoms with Gasteiger partial charge in [0.25, 0.3) is 0 Å². The van der Waals surface area contributed by atoms with Gasteiger partial charge in [-0.1, -0.05) is 32.9 Å². The molecule has 0 heterocycles. The molecule has 1 aliphatic carbocycles. The molecule has 0 bridgehead atoms. The van der Waals surface area contributed by atoms with Gasteiger partial charge in [0.05, 0.1) is 6.10 Å². The molecule has 1 fully saturated rings. The SMILES string of the molecule is COC1CCCC(Nc2ccc(C(C)(C)C)cc2)C1. The van der Waals surface area contributed by atoms with E-state index in [1.807, 2.05) is 7.11 Å². The normalized spacial score (nSPS) is 24.2. The van der Waals surface area contributed by atoms with E-state index in [0.717, 1.165) is 6.42 Å². The summed E-state index contributed by atoms with van der Waals surface area (Å²) in [4.78, 5) is 0. The van der Waals surface area contributed by atoms with Gasteiger partial charge < -0.3 is 10.1 Å². The summed E-state index contributed by atoms with van der Waals surface area (Å²) in [5.74, 6) is 0. The van der Waals surface area contributed by atoms with Crippen LogP contribution in [0.5, 0.6) is 0 Å². The highest BCUT2D eigenvalue weighted by Gasteiger charge is 2.21. The molecule has 0 aliphatic heterocycles. The molecule has 0 amide bonds. The number of nitrogens with one attached hydrogen (secondary N) is 1. The maximum Gasteiger partial charge on any atom is 0.0590 e. The quantitative estimate of drug-likeness (QED) is 0.873. The zero-order valence-corrected chi connectivity index (χ0v) is 12.7. The number of methoxy groups -OCH3 is 1. The van der Waals surface area contributed by atoms with Gasteiger partial charge in [-0.05, 0) is 48.8 Å². The van der Waals surface area contributed by atoms with E-state index < -0.39 is 0 Å². The summed E-state index contributed by atoms with van der Waals surface area (Å²) in [6.45, 7) is 6.75. The van der Waals surface area contributed by atoms with Gasteiger partial charge in [0.15, 0.2) is 0 Å². The molecule has 0 saturated heterocycles. The van der Waals surface area contributed by atoms with Crippen molar-refractivity contribution in [2.24, 2.45) is 0 Å². The smallest absolute Gasteiger partial charge is 0.0590 e. The Morgan fingerprint density at radius 1 is 1.11 bits per heavy atom. The van der Waals surface area contributed by atoms with Gasteiger partial charge in [-0.15, -0.1) is 0 Å². The lowest BCUT2D eigenvalue weighted by Crippen LogP contribution is -2.31. The van der Waals surface area contributed by atoms with Crippen molar-refractivity contribution < 1.29 is 4.74 Å². The van der Waals surface area contributed by atoms with Crippen LogP contribution < -0.4 is 5.32 Å². The lowest BCUT2D eigenvalue weighted by atomic mass is 9.87. The van der Waals surface area contributed by atoms with Crippen LogP contribution in [0.4, 0.5) is 5.69 Å². The zero-order valence-electron chi connectivity index (χ0n) is 12.7. The van der Waals surface area contributed by atoms with Crippen molar-refractivity contribution in [3.05, 3.63) is 29.8 Å². The van der Waals surface area contributed by atoms with Crippen molar-refractivity contribution in [1.82, 2.24) is 0 Å². The van der Waals surface area contributed by atoms with E-state index in [-0.39, 0.29) is 5.41 Å². The standard InChI is InChI=1S/C17H27NO/c1-17(2,3)13-8-10-14(11-9-13)18-15-6-5-7-16(12-15)19-4/h8-11,15-16,18H,5-7,12H2,1-4H3. The first-order chi connectivity index (χ1) is 8.99. The molecule has 106 valence electrons. The zero-order chi connectivity index (χ0) is 13.9. The van der Waals surface area contributed by atoms with Gasteiger partial charge in [-0.3, -0.25) is 0 Å². The molecule has 2 nitrogen and oxygen atoms in total. The van der Waals surface area contributed by atoms with E-state index in [1.54, 1.807) is 0 Å². The molecule has 2 unspecified atom stereocenters. The van der Waals surface area contributed by atoms with Crippen LogP contribution in [0.15, 0.2) is 24.3 Å². The van der Waals surface area contributed by atoms with E-state index in [9.17, 15) is 0 Å². The van der Waals surface area contributed by atoms with Gasteiger partial charge in [-0.2, -0.15) is 0 Å². The first-order valence-corrected chi connectivity index (χ1v) is 7.39. The van der Waals surface area contributed by atoms with Crippen LogP contribution in [0.2, 0.25) is 0 Å². The minimum Gasteiger partial charge on any atom is -0.382 e. The van der Waals surface area contributed by atoms with Gasteiger partial charge >= 0.3 is 0 Å². The summed E-state index contributed by atoms with van der Waals surface area (Å²) in [7, 11) is 1.82. The van der Waals surface area contributed by atoms with Crippen molar-refractivity contribution in [2.75, 3.05) is 12.4 Å². The maximum atomic E-state index is 5.48. The monoisotopic (exact) mass is 261 g/mol. The Kier molecular flexibility index (Phi) is 4.51. The highest BCUT2D eigenvalue weighted by atomic mass is 16.5. The lowest BCUT2D eigenvalue weighted by Gasteiger charge is -2.29. The van der Waals surface area contributed by atoms with Crippen LogP contribution in [0, 0.1) is 0 Å². The van der Waals surface area contributed by atoms with Crippen LogP contribution in [0.1, 0.15) is 52.0 Å². The van der Waals surface area contributed by atoms with E-state index in [2.05, 4.69) is 50.4 Å². The fourth-order valence-electron chi connectivity index (χ4n) is 2.79.